The first-order valence-electron chi connectivity index (χ1n) is 6.52. The Morgan fingerprint density at radius 1 is 1.29 bits per heavy atom. The summed E-state index contributed by atoms with van der Waals surface area (Å²) in [6.07, 6.45) is 5.24. The lowest BCUT2D eigenvalue weighted by atomic mass is 9.79. The van der Waals surface area contributed by atoms with Gasteiger partial charge < -0.3 is 10.5 Å². The molecule has 1 saturated carbocycles. The van der Waals surface area contributed by atoms with Crippen molar-refractivity contribution in [1.82, 2.24) is 0 Å². The summed E-state index contributed by atoms with van der Waals surface area (Å²) in [5.74, 6) is 1.84. The van der Waals surface area contributed by atoms with Gasteiger partial charge in [0.15, 0.2) is 0 Å². The van der Waals surface area contributed by atoms with Crippen LogP contribution in [0.15, 0.2) is 12.1 Å². The molecule has 0 radical (unpaired) electrons. The summed E-state index contributed by atoms with van der Waals surface area (Å²) in [6.45, 7) is 4.18. The van der Waals surface area contributed by atoms with E-state index in [4.69, 9.17) is 10.5 Å². The van der Waals surface area contributed by atoms with Crippen LogP contribution in [0.3, 0.4) is 0 Å². The molecular formula is C15H23NO. The minimum Gasteiger partial charge on any atom is -0.496 e. The molecule has 1 unspecified atom stereocenters. The summed E-state index contributed by atoms with van der Waals surface area (Å²) in [6, 6.07) is 4.54. The van der Waals surface area contributed by atoms with Crippen LogP contribution in [0, 0.1) is 19.8 Å². The fraction of sp³-hybridized carbons (Fsp3) is 0.600. The van der Waals surface area contributed by atoms with Crippen LogP contribution in [0.1, 0.15) is 48.4 Å². The van der Waals surface area contributed by atoms with Gasteiger partial charge in [0.25, 0.3) is 0 Å². The third-order valence-corrected chi connectivity index (χ3v) is 3.93. The summed E-state index contributed by atoms with van der Waals surface area (Å²) >= 11 is 0. The van der Waals surface area contributed by atoms with E-state index in [1.165, 1.54) is 36.0 Å². The van der Waals surface area contributed by atoms with Crippen molar-refractivity contribution in [2.45, 2.75) is 45.6 Å². The standard InChI is InChI=1S/C15H23NO/c1-10-7-13(8-11(2)15(10)17-3)14(16)9-12-5-4-6-12/h7-8,12,14H,4-6,9,16H2,1-3H3. The Morgan fingerprint density at radius 3 is 2.29 bits per heavy atom. The fourth-order valence-corrected chi connectivity index (χ4v) is 2.74. The molecule has 0 aromatic heterocycles. The van der Waals surface area contributed by atoms with Gasteiger partial charge >= 0.3 is 0 Å². The van der Waals surface area contributed by atoms with Crippen LogP contribution in [0.2, 0.25) is 0 Å². The zero-order chi connectivity index (χ0) is 12.4. The molecule has 0 aliphatic heterocycles. The summed E-state index contributed by atoms with van der Waals surface area (Å²) in [5, 5.41) is 0. The van der Waals surface area contributed by atoms with Gasteiger partial charge in [-0.25, -0.2) is 0 Å². The number of rotatable bonds is 4. The van der Waals surface area contributed by atoms with E-state index >= 15 is 0 Å². The molecule has 1 fully saturated rings. The van der Waals surface area contributed by atoms with Crippen LogP contribution in [0.25, 0.3) is 0 Å². The molecule has 1 aliphatic carbocycles. The molecule has 2 N–H and O–H groups in total. The average Bonchev–Trinajstić information content (AvgIpc) is 2.22. The largest absolute Gasteiger partial charge is 0.496 e. The maximum atomic E-state index is 6.29. The molecule has 0 heterocycles. The summed E-state index contributed by atoms with van der Waals surface area (Å²) in [7, 11) is 1.73. The van der Waals surface area contributed by atoms with Crippen LogP contribution >= 0.6 is 0 Å². The van der Waals surface area contributed by atoms with E-state index in [1.54, 1.807) is 7.11 Å². The molecule has 1 aromatic carbocycles. The zero-order valence-electron chi connectivity index (χ0n) is 11.1. The highest BCUT2D eigenvalue weighted by molar-refractivity contribution is 5.44. The fourth-order valence-electron chi connectivity index (χ4n) is 2.74. The first-order chi connectivity index (χ1) is 8.11. The summed E-state index contributed by atoms with van der Waals surface area (Å²) in [5.41, 5.74) is 9.92. The number of methoxy groups -OCH3 is 1. The van der Waals surface area contributed by atoms with Crippen LogP contribution < -0.4 is 10.5 Å². The molecular weight excluding hydrogens is 210 g/mol. The number of hydrogen-bond donors (Lipinski definition) is 1. The monoisotopic (exact) mass is 233 g/mol. The Balaban J connectivity index is 2.14. The van der Waals surface area contributed by atoms with Gasteiger partial charge in [0.1, 0.15) is 5.75 Å². The number of aryl methyl sites for hydroxylation is 2. The van der Waals surface area contributed by atoms with Crippen molar-refractivity contribution in [2.24, 2.45) is 11.7 Å². The second-order valence-corrected chi connectivity index (χ2v) is 5.33. The van der Waals surface area contributed by atoms with E-state index < -0.39 is 0 Å². The molecule has 0 bridgehead atoms. The topological polar surface area (TPSA) is 35.2 Å². The molecule has 1 aromatic rings. The third-order valence-electron chi connectivity index (χ3n) is 3.93. The van der Waals surface area contributed by atoms with Gasteiger partial charge in [0.05, 0.1) is 7.11 Å². The number of ether oxygens (including phenoxy) is 1. The Labute approximate surface area is 104 Å². The summed E-state index contributed by atoms with van der Waals surface area (Å²) < 4.78 is 5.38. The number of nitrogens with two attached hydrogens (primary N) is 1. The van der Waals surface area contributed by atoms with E-state index in [2.05, 4.69) is 26.0 Å². The Bertz CT molecular complexity index is 373. The minimum atomic E-state index is 0.184. The van der Waals surface area contributed by atoms with Crippen molar-refractivity contribution in [3.63, 3.8) is 0 Å². The first kappa shape index (κ1) is 12.4. The first-order valence-corrected chi connectivity index (χ1v) is 6.52. The van der Waals surface area contributed by atoms with Gasteiger partial charge in [-0.1, -0.05) is 31.4 Å². The lowest BCUT2D eigenvalue weighted by Crippen LogP contribution is -2.20. The van der Waals surface area contributed by atoms with E-state index in [0.29, 0.717) is 0 Å². The molecule has 1 atom stereocenters. The molecule has 1 aliphatic rings. The number of hydrogen-bond acceptors (Lipinski definition) is 2. The van der Waals surface area contributed by atoms with Crippen molar-refractivity contribution in [3.05, 3.63) is 28.8 Å². The van der Waals surface area contributed by atoms with Crippen LogP contribution in [0.5, 0.6) is 5.75 Å². The van der Waals surface area contributed by atoms with Crippen LogP contribution in [-0.2, 0) is 0 Å². The SMILES string of the molecule is COc1c(C)cc(C(N)CC2CCC2)cc1C. The van der Waals surface area contributed by atoms with Crippen molar-refractivity contribution >= 4 is 0 Å². The van der Waals surface area contributed by atoms with Gasteiger partial charge in [0, 0.05) is 6.04 Å². The van der Waals surface area contributed by atoms with Gasteiger partial charge in [-0.3, -0.25) is 0 Å². The normalized spacial score (nSPS) is 17.6. The van der Waals surface area contributed by atoms with Crippen molar-refractivity contribution in [2.75, 3.05) is 7.11 Å². The van der Waals surface area contributed by atoms with E-state index in [-0.39, 0.29) is 6.04 Å². The second kappa shape index (κ2) is 5.09. The quantitative estimate of drug-likeness (QED) is 0.863. The van der Waals surface area contributed by atoms with Crippen LogP contribution in [0.4, 0.5) is 0 Å². The van der Waals surface area contributed by atoms with Gasteiger partial charge in [-0.2, -0.15) is 0 Å². The Morgan fingerprint density at radius 2 is 1.88 bits per heavy atom. The van der Waals surface area contributed by atoms with Crippen molar-refractivity contribution in [3.8, 4) is 5.75 Å². The lowest BCUT2D eigenvalue weighted by Gasteiger charge is -2.28. The highest BCUT2D eigenvalue weighted by atomic mass is 16.5. The molecule has 94 valence electrons. The average molecular weight is 233 g/mol. The predicted octanol–water partition coefficient (Wildman–Crippen LogP) is 3.50. The van der Waals surface area contributed by atoms with Gasteiger partial charge in [-0.15, -0.1) is 0 Å². The Kier molecular flexibility index (Phi) is 3.72. The smallest absolute Gasteiger partial charge is 0.124 e. The van der Waals surface area contributed by atoms with Crippen molar-refractivity contribution < 1.29 is 4.74 Å². The highest BCUT2D eigenvalue weighted by Crippen LogP contribution is 2.35. The zero-order valence-corrected chi connectivity index (χ0v) is 11.1. The second-order valence-electron chi connectivity index (χ2n) is 5.33. The summed E-state index contributed by atoms with van der Waals surface area (Å²) in [4.78, 5) is 0. The molecule has 17 heavy (non-hydrogen) atoms. The van der Waals surface area contributed by atoms with Gasteiger partial charge in [0.2, 0.25) is 0 Å². The minimum absolute atomic E-state index is 0.184. The maximum absolute atomic E-state index is 6.29. The Hall–Kier alpha value is -1.02. The highest BCUT2D eigenvalue weighted by Gasteiger charge is 2.21. The number of benzene rings is 1. The molecule has 2 nitrogen and oxygen atoms in total. The molecule has 2 heteroatoms. The van der Waals surface area contributed by atoms with E-state index in [1.807, 2.05) is 0 Å². The van der Waals surface area contributed by atoms with E-state index in [9.17, 15) is 0 Å². The molecule has 0 saturated heterocycles. The predicted molar refractivity (Wildman–Crippen MR) is 71.4 cm³/mol. The van der Waals surface area contributed by atoms with E-state index in [0.717, 1.165) is 18.1 Å². The van der Waals surface area contributed by atoms with Crippen molar-refractivity contribution in [1.29, 1.82) is 0 Å². The maximum Gasteiger partial charge on any atom is 0.124 e. The molecule has 2 rings (SSSR count). The molecule has 0 spiro atoms. The van der Waals surface area contributed by atoms with Crippen LogP contribution in [-0.4, -0.2) is 7.11 Å². The van der Waals surface area contributed by atoms with Gasteiger partial charge in [-0.05, 0) is 42.9 Å². The molecule has 0 amide bonds. The third kappa shape index (κ3) is 2.63. The lowest BCUT2D eigenvalue weighted by molar-refractivity contribution is 0.277.